The van der Waals surface area contributed by atoms with E-state index in [0.717, 1.165) is 42.3 Å². The van der Waals surface area contributed by atoms with Crippen LogP contribution >= 0.6 is 24.0 Å². The minimum absolute atomic E-state index is 0. The van der Waals surface area contributed by atoms with Crippen LogP contribution in [0, 0.1) is 0 Å². The molecule has 4 rings (SSSR count). The van der Waals surface area contributed by atoms with Gasteiger partial charge in [-0.1, -0.05) is 24.6 Å². The second kappa shape index (κ2) is 10.5. The van der Waals surface area contributed by atoms with Gasteiger partial charge in [0.1, 0.15) is 12.1 Å². The maximum atomic E-state index is 13.2. The topological polar surface area (TPSA) is 67.1 Å². The van der Waals surface area contributed by atoms with Gasteiger partial charge in [0.15, 0.2) is 5.96 Å². The number of hydrogen-bond acceptors (Lipinski definition) is 3. The summed E-state index contributed by atoms with van der Waals surface area (Å²) in [6.45, 7) is 1.05. The average Bonchev–Trinajstić information content (AvgIpc) is 3.30. The Hall–Kier alpha value is -2.63. The van der Waals surface area contributed by atoms with E-state index in [0.29, 0.717) is 19.0 Å². The molecule has 6 nitrogen and oxygen atoms in total. The quantitative estimate of drug-likeness (QED) is 0.257. The molecule has 0 aliphatic heterocycles. The number of pyridine rings is 1. The Labute approximate surface area is 207 Å². The molecule has 1 aromatic carbocycles. The number of nitrogens with one attached hydrogen (secondary N) is 2. The van der Waals surface area contributed by atoms with Crippen LogP contribution < -0.4 is 10.6 Å². The molecular formula is C23H26F3IN6. The highest BCUT2D eigenvalue weighted by Gasteiger charge is 2.40. The highest BCUT2D eigenvalue weighted by molar-refractivity contribution is 14.0. The Morgan fingerprint density at radius 3 is 2.61 bits per heavy atom. The Kier molecular flexibility index (Phi) is 7.98. The Bertz CT molecular complexity index is 1080. The van der Waals surface area contributed by atoms with Gasteiger partial charge in [-0.15, -0.1) is 24.0 Å². The van der Waals surface area contributed by atoms with Crippen LogP contribution in [0.2, 0.25) is 0 Å². The molecule has 1 saturated carbocycles. The van der Waals surface area contributed by atoms with Crippen LogP contribution in [-0.2, 0) is 18.1 Å². The summed E-state index contributed by atoms with van der Waals surface area (Å²) in [6.07, 6.45) is 5.29. The van der Waals surface area contributed by atoms with Crippen molar-refractivity contribution in [2.45, 2.75) is 37.4 Å². The predicted molar refractivity (Wildman–Crippen MR) is 132 cm³/mol. The first-order valence-electron chi connectivity index (χ1n) is 10.5. The van der Waals surface area contributed by atoms with Gasteiger partial charge in [-0.2, -0.15) is 13.2 Å². The molecule has 0 amide bonds. The predicted octanol–water partition coefficient (Wildman–Crippen LogP) is 4.69. The lowest BCUT2D eigenvalue weighted by atomic mass is 9.64. The lowest BCUT2D eigenvalue weighted by molar-refractivity contribution is -0.137. The third-order valence-corrected chi connectivity index (χ3v) is 5.97. The molecule has 0 unspecified atom stereocenters. The van der Waals surface area contributed by atoms with Crippen LogP contribution in [0.1, 0.15) is 36.0 Å². The van der Waals surface area contributed by atoms with E-state index < -0.39 is 11.7 Å². The van der Waals surface area contributed by atoms with Gasteiger partial charge in [-0.05, 0) is 42.2 Å². The molecule has 2 N–H and O–H groups in total. The molecule has 2 heterocycles. The van der Waals surface area contributed by atoms with Gasteiger partial charge in [0, 0.05) is 44.1 Å². The number of alkyl halides is 3. The largest absolute Gasteiger partial charge is 0.416 e. The minimum atomic E-state index is -4.34. The molecule has 0 radical (unpaired) electrons. The fourth-order valence-electron chi connectivity index (χ4n) is 3.96. The smallest absolute Gasteiger partial charge is 0.356 e. The second-order valence-electron chi connectivity index (χ2n) is 7.98. The summed E-state index contributed by atoms with van der Waals surface area (Å²) >= 11 is 0. The molecule has 0 bridgehead atoms. The fraction of sp³-hybridized carbons (Fsp3) is 0.348. The third-order valence-electron chi connectivity index (χ3n) is 5.97. The number of aliphatic imine (C=N–C) groups is 1. The van der Waals surface area contributed by atoms with Crippen molar-refractivity contribution >= 4 is 29.9 Å². The molecule has 0 atom stereocenters. The van der Waals surface area contributed by atoms with Crippen LogP contribution in [0.25, 0.3) is 5.82 Å². The van der Waals surface area contributed by atoms with E-state index in [1.165, 1.54) is 12.1 Å². The van der Waals surface area contributed by atoms with Gasteiger partial charge >= 0.3 is 6.18 Å². The molecule has 2 aromatic heterocycles. The molecule has 0 saturated heterocycles. The summed E-state index contributed by atoms with van der Waals surface area (Å²) in [5, 5.41) is 6.58. The van der Waals surface area contributed by atoms with Crippen molar-refractivity contribution in [3.8, 4) is 5.82 Å². The number of guanidine groups is 1. The summed E-state index contributed by atoms with van der Waals surface area (Å²) in [6, 6.07) is 9.56. The SMILES string of the molecule is CN=C(NCc1ccnc(-n2ccnc2)c1)NCC1(c2cccc(C(F)(F)F)c2)CCC1.I. The van der Waals surface area contributed by atoms with E-state index in [9.17, 15) is 13.2 Å². The first-order valence-corrected chi connectivity index (χ1v) is 10.5. The van der Waals surface area contributed by atoms with Crippen LogP contribution in [0.4, 0.5) is 13.2 Å². The molecule has 3 aromatic rings. The summed E-state index contributed by atoms with van der Waals surface area (Å²) in [4.78, 5) is 12.7. The summed E-state index contributed by atoms with van der Waals surface area (Å²) in [7, 11) is 1.68. The first-order chi connectivity index (χ1) is 15.4. The molecule has 1 aliphatic carbocycles. The van der Waals surface area contributed by atoms with Gasteiger partial charge in [0.2, 0.25) is 0 Å². The summed E-state index contributed by atoms with van der Waals surface area (Å²) < 4.78 is 41.3. The summed E-state index contributed by atoms with van der Waals surface area (Å²) in [5.41, 5.74) is 0.822. The zero-order valence-corrected chi connectivity index (χ0v) is 20.5. The number of aromatic nitrogens is 3. The standard InChI is InChI=1S/C23H25F3N6.HI/c1-27-21(30-14-17-6-9-29-20(12-17)32-11-10-28-16-32)31-15-22(7-3-8-22)18-4-2-5-19(13-18)23(24,25)26;/h2,4-6,9-13,16H,3,7-8,14-15H2,1H3,(H2,27,30,31);1H. The normalized spacial score (nSPS) is 15.3. The van der Waals surface area contributed by atoms with Gasteiger partial charge in [0.25, 0.3) is 0 Å². The van der Waals surface area contributed by atoms with Gasteiger partial charge < -0.3 is 10.6 Å². The maximum absolute atomic E-state index is 13.2. The Morgan fingerprint density at radius 1 is 1.15 bits per heavy atom. The van der Waals surface area contributed by atoms with Crippen LogP contribution in [0.3, 0.4) is 0 Å². The molecule has 0 spiro atoms. The summed E-state index contributed by atoms with van der Waals surface area (Å²) in [5.74, 6) is 1.37. The molecule has 1 fully saturated rings. The number of benzene rings is 1. The van der Waals surface area contributed by atoms with E-state index in [4.69, 9.17) is 0 Å². The number of hydrogen-bond donors (Lipinski definition) is 2. The molecule has 176 valence electrons. The number of halogens is 4. The van der Waals surface area contributed by atoms with Crippen molar-refractivity contribution in [2.75, 3.05) is 13.6 Å². The Morgan fingerprint density at radius 2 is 1.97 bits per heavy atom. The lowest BCUT2D eigenvalue weighted by Crippen LogP contribution is -2.48. The van der Waals surface area contributed by atoms with Crippen LogP contribution in [0.15, 0.2) is 66.3 Å². The van der Waals surface area contributed by atoms with Gasteiger partial charge in [0.05, 0.1) is 5.56 Å². The molecule has 33 heavy (non-hydrogen) atoms. The average molecular weight is 570 g/mol. The van der Waals surface area contributed by atoms with E-state index in [1.54, 1.807) is 31.8 Å². The second-order valence-corrected chi connectivity index (χ2v) is 7.98. The van der Waals surface area contributed by atoms with Crippen molar-refractivity contribution in [3.05, 3.63) is 78.0 Å². The van der Waals surface area contributed by atoms with Crippen molar-refractivity contribution in [1.82, 2.24) is 25.2 Å². The van der Waals surface area contributed by atoms with E-state index in [1.807, 2.05) is 22.9 Å². The van der Waals surface area contributed by atoms with Crippen molar-refractivity contribution < 1.29 is 13.2 Å². The van der Waals surface area contributed by atoms with E-state index >= 15 is 0 Å². The highest BCUT2D eigenvalue weighted by Crippen LogP contribution is 2.44. The van der Waals surface area contributed by atoms with Gasteiger partial charge in [-0.25, -0.2) is 9.97 Å². The van der Waals surface area contributed by atoms with Gasteiger partial charge in [-0.3, -0.25) is 9.56 Å². The zero-order valence-electron chi connectivity index (χ0n) is 18.1. The van der Waals surface area contributed by atoms with Crippen molar-refractivity contribution in [3.63, 3.8) is 0 Å². The minimum Gasteiger partial charge on any atom is -0.356 e. The number of nitrogens with zero attached hydrogens (tertiary/aromatic N) is 4. The van der Waals surface area contributed by atoms with Crippen molar-refractivity contribution in [1.29, 1.82) is 0 Å². The van der Waals surface area contributed by atoms with E-state index in [2.05, 4.69) is 25.6 Å². The van der Waals surface area contributed by atoms with Crippen molar-refractivity contribution in [2.24, 2.45) is 4.99 Å². The zero-order chi connectivity index (χ0) is 22.6. The number of imidazole rings is 1. The molecule has 1 aliphatic rings. The maximum Gasteiger partial charge on any atom is 0.416 e. The Balaban J connectivity index is 0.00000306. The molecular weight excluding hydrogens is 544 g/mol. The number of rotatable bonds is 6. The highest BCUT2D eigenvalue weighted by atomic mass is 127. The first kappa shape index (κ1) is 25.0. The molecule has 10 heteroatoms. The lowest BCUT2D eigenvalue weighted by Gasteiger charge is -2.43. The fourth-order valence-corrected chi connectivity index (χ4v) is 3.96. The monoisotopic (exact) mass is 570 g/mol. The van der Waals surface area contributed by atoms with Crippen LogP contribution in [-0.4, -0.2) is 34.1 Å². The van der Waals surface area contributed by atoms with E-state index in [-0.39, 0.29) is 29.4 Å². The van der Waals surface area contributed by atoms with Crippen LogP contribution in [0.5, 0.6) is 0 Å². The third kappa shape index (κ3) is 5.84.